The second kappa shape index (κ2) is 7.17. The molecule has 6 heteroatoms. The molecular formula is C15H20N4OS. The predicted octanol–water partition coefficient (Wildman–Crippen LogP) is 3.02. The highest BCUT2D eigenvalue weighted by molar-refractivity contribution is 7.11. The number of anilines is 1. The average molecular weight is 304 g/mol. The number of aryl methyl sites for hydroxylation is 1. The number of hydrogen-bond acceptors (Lipinski definition) is 5. The van der Waals surface area contributed by atoms with Gasteiger partial charge in [0.05, 0.1) is 6.04 Å². The molecule has 0 aromatic carbocycles. The van der Waals surface area contributed by atoms with Crippen molar-refractivity contribution in [2.24, 2.45) is 0 Å². The van der Waals surface area contributed by atoms with Gasteiger partial charge in [-0.05, 0) is 32.4 Å². The summed E-state index contributed by atoms with van der Waals surface area (Å²) in [6, 6.07) is 3.71. The minimum Gasteiger partial charge on any atom is -0.376 e. The first kappa shape index (κ1) is 15.4. The van der Waals surface area contributed by atoms with Gasteiger partial charge in [0.2, 0.25) is 0 Å². The van der Waals surface area contributed by atoms with Gasteiger partial charge in [0.15, 0.2) is 0 Å². The molecule has 0 saturated heterocycles. The van der Waals surface area contributed by atoms with Gasteiger partial charge in [-0.2, -0.15) is 0 Å². The number of amides is 1. The Labute approximate surface area is 128 Å². The molecule has 2 heterocycles. The summed E-state index contributed by atoms with van der Waals surface area (Å²) in [7, 11) is 0. The van der Waals surface area contributed by atoms with Gasteiger partial charge in [-0.15, -0.1) is 11.3 Å². The molecule has 0 saturated carbocycles. The van der Waals surface area contributed by atoms with Crippen LogP contribution in [0.5, 0.6) is 0 Å². The number of pyridine rings is 1. The molecule has 0 fully saturated rings. The van der Waals surface area contributed by atoms with E-state index in [0.717, 1.165) is 17.1 Å². The van der Waals surface area contributed by atoms with Crippen LogP contribution in [-0.4, -0.2) is 22.4 Å². The van der Waals surface area contributed by atoms with Crippen molar-refractivity contribution in [3.63, 3.8) is 0 Å². The number of nitrogens with zero attached hydrogens (tertiary/aromatic N) is 2. The van der Waals surface area contributed by atoms with E-state index in [1.807, 2.05) is 19.2 Å². The quantitative estimate of drug-likeness (QED) is 0.861. The third kappa shape index (κ3) is 4.01. The van der Waals surface area contributed by atoms with E-state index in [2.05, 4.69) is 34.4 Å². The van der Waals surface area contributed by atoms with Crippen LogP contribution in [0.4, 0.5) is 5.69 Å². The molecule has 0 spiro atoms. The van der Waals surface area contributed by atoms with Crippen LogP contribution >= 0.6 is 11.3 Å². The van der Waals surface area contributed by atoms with Crippen LogP contribution in [-0.2, 0) is 6.42 Å². The summed E-state index contributed by atoms with van der Waals surface area (Å²) in [6.07, 6.45) is 4.56. The Morgan fingerprint density at radius 1 is 1.38 bits per heavy atom. The first-order valence-electron chi connectivity index (χ1n) is 7.09. The number of carbonyl (C=O) groups is 1. The zero-order valence-corrected chi connectivity index (χ0v) is 13.3. The van der Waals surface area contributed by atoms with Gasteiger partial charge in [0.25, 0.3) is 5.91 Å². The van der Waals surface area contributed by atoms with Crippen LogP contribution in [0.1, 0.15) is 47.2 Å². The summed E-state index contributed by atoms with van der Waals surface area (Å²) in [5.74, 6) is -0.156. The lowest BCUT2D eigenvalue weighted by molar-refractivity contribution is 0.0951. The van der Waals surface area contributed by atoms with Crippen molar-refractivity contribution >= 4 is 22.9 Å². The monoisotopic (exact) mass is 304 g/mol. The van der Waals surface area contributed by atoms with Gasteiger partial charge < -0.3 is 10.6 Å². The van der Waals surface area contributed by atoms with Crippen molar-refractivity contribution in [2.45, 2.75) is 33.2 Å². The molecule has 1 unspecified atom stereocenters. The molecule has 0 radical (unpaired) electrons. The first-order valence-corrected chi connectivity index (χ1v) is 7.91. The zero-order valence-electron chi connectivity index (χ0n) is 12.5. The van der Waals surface area contributed by atoms with Gasteiger partial charge in [-0.25, -0.2) is 4.98 Å². The van der Waals surface area contributed by atoms with E-state index in [1.165, 1.54) is 4.88 Å². The average Bonchev–Trinajstić information content (AvgIpc) is 2.97. The van der Waals surface area contributed by atoms with Crippen molar-refractivity contribution in [3.8, 4) is 0 Å². The van der Waals surface area contributed by atoms with E-state index in [9.17, 15) is 4.79 Å². The fourth-order valence-corrected chi connectivity index (χ4v) is 2.75. The van der Waals surface area contributed by atoms with Gasteiger partial charge >= 0.3 is 0 Å². The lowest BCUT2D eigenvalue weighted by Crippen LogP contribution is -2.23. The van der Waals surface area contributed by atoms with E-state index in [-0.39, 0.29) is 11.9 Å². The molecule has 1 atom stereocenters. The summed E-state index contributed by atoms with van der Waals surface area (Å²) in [4.78, 5) is 21.6. The molecule has 5 nitrogen and oxygen atoms in total. The highest BCUT2D eigenvalue weighted by atomic mass is 32.1. The lowest BCUT2D eigenvalue weighted by Gasteiger charge is -2.13. The molecule has 0 aliphatic carbocycles. The second-order valence-corrected chi connectivity index (χ2v) is 5.82. The fourth-order valence-electron chi connectivity index (χ4n) is 1.89. The van der Waals surface area contributed by atoms with E-state index in [1.54, 1.807) is 23.6 Å². The van der Waals surface area contributed by atoms with Crippen molar-refractivity contribution in [1.29, 1.82) is 0 Å². The van der Waals surface area contributed by atoms with E-state index in [4.69, 9.17) is 0 Å². The topological polar surface area (TPSA) is 66.9 Å². The Kier molecular flexibility index (Phi) is 5.27. The first-order chi connectivity index (χ1) is 10.1. The minimum absolute atomic E-state index is 0.0970. The van der Waals surface area contributed by atoms with Crippen LogP contribution < -0.4 is 10.6 Å². The lowest BCUT2D eigenvalue weighted by atomic mass is 10.2. The van der Waals surface area contributed by atoms with E-state index < -0.39 is 0 Å². The number of carbonyl (C=O) groups excluding carboxylic acids is 1. The van der Waals surface area contributed by atoms with Crippen LogP contribution in [0.3, 0.4) is 0 Å². The van der Waals surface area contributed by atoms with Crippen LogP contribution in [0.2, 0.25) is 0 Å². The Morgan fingerprint density at radius 2 is 2.19 bits per heavy atom. The van der Waals surface area contributed by atoms with Gasteiger partial charge in [0.1, 0.15) is 10.7 Å². The summed E-state index contributed by atoms with van der Waals surface area (Å²) < 4.78 is 0. The molecule has 2 N–H and O–H groups in total. The molecule has 2 rings (SSSR count). The van der Waals surface area contributed by atoms with Crippen molar-refractivity contribution < 1.29 is 4.79 Å². The summed E-state index contributed by atoms with van der Waals surface area (Å²) in [5, 5.41) is 7.15. The Morgan fingerprint density at radius 3 is 2.86 bits per heavy atom. The molecule has 21 heavy (non-hydrogen) atoms. The maximum absolute atomic E-state index is 11.8. The Bertz CT molecular complexity index is 611. The number of aromatic nitrogens is 2. The largest absolute Gasteiger partial charge is 0.376 e. The van der Waals surface area contributed by atoms with Gasteiger partial charge in [0, 0.05) is 29.5 Å². The Hall–Kier alpha value is -1.95. The van der Waals surface area contributed by atoms with E-state index >= 15 is 0 Å². The van der Waals surface area contributed by atoms with Crippen molar-refractivity contribution in [2.75, 3.05) is 11.9 Å². The van der Waals surface area contributed by atoms with Crippen molar-refractivity contribution in [1.82, 2.24) is 15.3 Å². The number of hydrogen-bond donors (Lipinski definition) is 2. The van der Waals surface area contributed by atoms with Gasteiger partial charge in [-0.3, -0.25) is 9.78 Å². The number of nitrogens with one attached hydrogen (secondary N) is 2. The molecule has 0 aliphatic rings. The maximum atomic E-state index is 11.8. The molecule has 2 aromatic rings. The highest BCUT2D eigenvalue weighted by Crippen LogP contribution is 2.24. The standard InChI is InChI=1S/C15H20N4OS/c1-4-12-9-18-15(21-12)10(3)19-11-6-7-17-13(8-11)14(20)16-5-2/h6-10H,4-5H2,1-3H3,(H,16,20)(H,17,19). The maximum Gasteiger partial charge on any atom is 0.269 e. The fraction of sp³-hybridized carbons (Fsp3) is 0.400. The molecule has 1 amide bonds. The third-order valence-electron chi connectivity index (χ3n) is 3.00. The van der Waals surface area contributed by atoms with Crippen LogP contribution in [0.15, 0.2) is 24.5 Å². The summed E-state index contributed by atoms with van der Waals surface area (Å²) in [6.45, 7) is 6.66. The van der Waals surface area contributed by atoms with E-state index in [0.29, 0.717) is 12.2 Å². The van der Waals surface area contributed by atoms with Crippen LogP contribution in [0, 0.1) is 0 Å². The molecule has 0 bridgehead atoms. The minimum atomic E-state index is -0.156. The predicted molar refractivity (Wildman–Crippen MR) is 85.8 cm³/mol. The van der Waals surface area contributed by atoms with Gasteiger partial charge in [-0.1, -0.05) is 6.92 Å². The SMILES string of the molecule is CCNC(=O)c1cc(NC(C)c2ncc(CC)s2)ccn1. The number of rotatable bonds is 6. The molecule has 112 valence electrons. The van der Waals surface area contributed by atoms with Crippen LogP contribution in [0.25, 0.3) is 0 Å². The summed E-state index contributed by atoms with van der Waals surface area (Å²) in [5.41, 5.74) is 1.29. The zero-order chi connectivity index (χ0) is 15.2. The second-order valence-electron chi connectivity index (χ2n) is 4.67. The third-order valence-corrected chi connectivity index (χ3v) is 4.33. The normalized spacial score (nSPS) is 12.0. The molecular weight excluding hydrogens is 284 g/mol. The smallest absolute Gasteiger partial charge is 0.269 e. The molecule has 2 aromatic heterocycles. The summed E-state index contributed by atoms with van der Waals surface area (Å²) >= 11 is 1.71. The van der Waals surface area contributed by atoms with Crippen molar-refractivity contribution in [3.05, 3.63) is 40.1 Å². The Balaban J connectivity index is 2.08. The number of thiazole rings is 1. The highest BCUT2D eigenvalue weighted by Gasteiger charge is 2.12. The molecule has 0 aliphatic heterocycles.